The molecule has 0 radical (unpaired) electrons. The van der Waals surface area contributed by atoms with Crippen molar-refractivity contribution < 1.29 is 37.3 Å². The molecule has 0 aliphatic carbocycles. The lowest BCUT2D eigenvalue weighted by Crippen LogP contribution is -2.26. The molecule has 0 spiro atoms. The van der Waals surface area contributed by atoms with Gasteiger partial charge in [-0.2, -0.15) is 13.2 Å². The third-order valence-electron chi connectivity index (χ3n) is 3.54. The van der Waals surface area contributed by atoms with Gasteiger partial charge in [0.05, 0.1) is 17.7 Å². The Balaban J connectivity index is 2.24. The summed E-state index contributed by atoms with van der Waals surface area (Å²) in [6, 6.07) is 7.05. The number of rotatable bonds is 7. The van der Waals surface area contributed by atoms with Crippen LogP contribution in [0.15, 0.2) is 36.4 Å². The highest BCUT2D eigenvalue weighted by Gasteiger charge is 2.31. The zero-order valence-electron chi connectivity index (χ0n) is 14.3. The van der Waals surface area contributed by atoms with E-state index in [1.807, 2.05) is 0 Å². The first-order chi connectivity index (χ1) is 12.7. The highest BCUT2D eigenvalue weighted by atomic mass is 35.5. The first kappa shape index (κ1) is 20.7. The Hall–Kier alpha value is -2.61. The first-order valence-corrected chi connectivity index (χ1v) is 8.15. The third-order valence-corrected chi connectivity index (χ3v) is 3.83. The number of benzene rings is 2. The Kier molecular flexibility index (Phi) is 6.43. The molecule has 2 aromatic rings. The van der Waals surface area contributed by atoms with Crippen molar-refractivity contribution in [1.82, 2.24) is 0 Å². The van der Waals surface area contributed by atoms with Crippen molar-refractivity contribution in [3.63, 3.8) is 0 Å². The van der Waals surface area contributed by atoms with Gasteiger partial charge in [0, 0.05) is 6.07 Å². The van der Waals surface area contributed by atoms with E-state index >= 15 is 0 Å². The third kappa shape index (κ3) is 5.19. The minimum absolute atomic E-state index is 0.0253. The summed E-state index contributed by atoms with van der Waals surface area (Å²) in [5, 5.41) is 8.87. The summed E-state index contributed by atoms with van der Waals surface area (Å²) in [7, 11) is 1.36. The van der Waals surface area contributed by atoms with Crippen LogP contribution in [-0.2, 0) is 11.0 Å². The van der Waals surface area contributed by atoms with E-state index in [1.54, 1.807) is 6.92 Å². The Labute approximate surface area is 158 Å². The summed E-state index contributed by atoms with van der Waals surface area (Å²) >= 11 is 5.87. The minimum atomic E-state index is -4.51. The van der Waals surface area contributed by atoms with Crippen molar-refractivity contribution in [3.8, 4) is 23.0 Å². The van der Waals surface area contributed by atoms with E-state index in [0.29, 0.717) is 0 Å². The summed E-state index contributed by atoms with van der Waals surface area (Å²) in [5.74, 6) is -0.467. The van der Waals surface area contributed by atoms with Gasteiger partial charge in [-0.05, 0) is 36.8 Å². The molecule has 5 nitrogen and oxygen atoms in total. The normalized spacial score (nSPS) is 12.4. The predicted octanol–water partition coefficient (Wildman–Crippen LogP) is 5.40. The molecule has 9 heteroatoms. The van der Waals surface area contributed by atoms with E-state index in [9.17, 15) is 18.0 Å². The standard InChI is InChI=1S/C18H16ClF3O5/c1-3-13(17(23)24)27-15-7-5-11(9-16(15)25-2)26-14-6-4-10(8-12(14)19)18(20,21)22/h4-9,13H,3H2,1-2H3,(H,23,24). The first-order valence-electron chi connectivity index (χ1n) is 7.77. The van der Waals surface area contributed by atoms with Crippen LogP contribution in [0.4, 0.5) is 13.2 Å². The van der Waals surface area contributed by atoms with Crippen molar-refractivity contribution in [3.05, 3.63) is 47.0 Å². The second-order valence-electron chi connectivity index (χ2n) is 5.41. The Morgan fingerprint density at radius 1 is 1.15 bits per heavy atom. The van der Waals surface area contributed by atoms with Crippen LogP contribution >= 0.6 is 11.6 Å². The fourth-order valence-electron chi connectivity index (χ4n) is 2.16. The molecule has 0 fully saturated rings. The summed E-state index contributed by atoms with van der Waals surface area (Å²) in [6.07, 6.45) is -5.31. The second-order valence-corrected chi connectivity index (χ2v) is 5.82. The molecular weight excluding hydrogens is 389 g/mol. The Morgan fingerprint density at radius 3 is 2.33 bits per heavy atom. The molecule has 1 unspecified atom stereocenters. The number of carboxylic acid groups (broad SMARTS) is 1. The number of hydrogen-bond acceptors (Lipinski definition) is 4. The summed E-state index contributed by atoms with van der Waals surface area (Å²) < 4.78 is 54.1. The quantitative estimate of drug-likeness (QED) is 0.669. The maximum atomic E-state index is 12.7. The van der Waals surface area contributed by atoms with E-state index in [1.165, 1.54) is 25.3 Å². The molecule has 0 bridgehead atoms. The van der Waals surface area contributed by atoms with Crippen LogP contribution in [0, 0.1) is 0 Å². The van der Waals surface area contributed by atoms with Crippen molar-refractivity contribution in [2.24, 2.45) is 0 Å². The number of carboxylic acids is 1. The second kappa shape index (κ2) is 8.39. The summed E-state index contributed by atoms with van der Waals surface area (Å²) in [4.78, 5) is 11.1. The van der Waals surface area contributed by atoms with Crippen molar-refractivity contribution in [1.29, 1.82) is 0 Å². The monoisotopic (exact) mass is 404 g/mol. The summed E-state index contributed by atoms with van der Waals surface area (Å²) in [6.45, 7) is 1.66. The van der Waals surface area contributed by atoms with Gasteiger partial charge in [-0.25, -0.2) is 4.79 Å². The highest BCUT2D eigenvalue weighted by Crippen LogP contribution is 2.38. The lowest BCUT2D eigenvalue weighted by Gasteiger charge is -2.17. The molecule has 2 aromatic carbocycles. The van der Waals surface area contributed by atoms with Crippen molar-refractivity contribution >= 4 is 17.6 Å². The fraction of sp³-hybridized carbons (Fsp3) is 0.278. The topological polar surface area (TPSA) is 65.0 Å². The van der Waals surface area contributed by atoms with E-state index in [2.05, 4.69) is 0 Å². The zero-order chi connectivity index (χ0) is 20.2. The van der Waals surface area contributed by atoms with Crippen LogP contribution in [-0.4, -0.2) is 24.3 Å². The SMILES string of the molecule is CCC(Oc1ccc(Oc2ccc(C(F)(F)F)cc2Cl)cc1OC)C(=O)O. The molecule has 1 atom stereocenters. The molecule has 0 aliphatic rings. The number of methoxy groups -OCH3 is 1. The maximum Gasteiger partial charge on any atom is 0.416 e. The fourth-order valence-corrected chi connectivity index (χ4v) is 2.38. The number of halogens is 4. The average molecular weight is 405 g/mol. The van der Waals surface area contributed by atoms with Gasteiger partial charge in [0.2, 0.25) is 0 Å². The number of aliphatic carboxylic acids is 1. The molecule has 0 saturated heterocycles. The number of ether oxygens (including phenoxy) is 3. The van der Waals surface area contributed by atoms with Crippen LogP contribution in [0.25, 0.3) is 0 Å². The molecule has 0 aromatic heterocycles. The van der Waals surface area contributed by atoms with Crippen LogP contribution in [0.5, 0.6) is 23.0 Å². The van der Waals surface area contributed by atoms with Crippen LogP contribution in [0.3, 0.4) is 0 Å². The highest BCUT2D eigenvalue weighted by molar-refractivity contribution is 6.32. The van der Waals surface area contributed by atoms with Gasteiger partial charge in [0.15, 0.2) is 17.6 Å². The van der Waals surface area contributed by atoms with Gasteiger partial charge in [0.25, 0.3) is 0 Å². The summed E-state index contributed by atoms with van der Waals surface area (Å²) in [5.41, 5.74) is -0.888. The largest absolute Gasteiger partial charge is 0.493 e. The van der Waals surface area contributed by atoms with E-state index in [0.717, 1.165) is 18.2 Å². The van der Waals surface area contributed by atoms with Crippen molar-refractivity contribution in [2.45, 2.75) is 25.6 Å². The minimum Gasteiger partial charge on any atom is -0.493 e. The van der Waals surface area contributed by atoms with Gasteiger partial charge in [-0.3, -0.25) is 0 Å². The number of hydrogen-bond donors (Lipinski definition) is 1. The molecule has 0 aliphatic heterocycles. The Morgan fingerprint density at radius 2 is 1.81 bits per heavy atom. The van der Waals surface area contributed by atoms with Gasteiger partial charge in [-0.1, -0.05) is 18.5 Å². The van der Waals surface area contributed by atoms with Crippen LogP contribution < -0.4 is 14.2 Å². The number of carbonyl (C=O) groups is 1. The Bertz CT molecular complexity index is 823. The van der Waals surface area contributed by atoms with Crippen LogP contribution in [0.1, 0.15) is 18.9 Å². The van der Waals surface area contributed by atoms with Crippen LogP contribution in [0.2, 0.25) is 5.02 Å². The predicted molar refractivity (Wildman–Crippen MR) is 91.9 cm³/mol. The molecule has 2 rings (SSSR count). The molecule has 0 amide bonds. The lowest BCUT2D eigenvalue weighted by molar-refractivity contribution is -0.145. The molecular formula is C18H16ClF3O5. The molecule has 146 valence electrons. The maximum absolute atomic E-state index is 12.7. The van der Waals surface area contributed by atoms with E-state index in [-0.39, 0.29) is 34.4 Å². The van der Waals surface area contributed by atoms with E-state index < -0.39 is 23.8 Å². The van der Waals surface area contributed by atoms with Gasteiger partial charge >= 0.3 is 12.1 Å². The number of alkyl halides is 3. The molecule has 1 N–H and O–H groups in total. The molecule has 27 heavy (non-hydrogen) atoms. The van der Waals surface area contributed by atoms with Gasteiger partial charge in [0.1, 0.15) is 11.5 Å². The van der Waals surface area contributed by atoms with E-state index in [4.69, 9.17) is 30.9 Å². The zero-order valence-corrected chi connectivity index (χ0v) is 15.1. The average Bonchev–Trinajstić information content (AvgIpc) is 2.60. The van der Waals surface area contributed by atoms with Gasteiger partial charge in [-0.15, -0.1) is 0 Å². The molecule has 0 heterocycles. The molecule has 0 saturated carbocycles. The smallest absolute Gasteiger partial charge is 0.416 e. The lowest BCUT2D eigenvalue weighted by atomic mass is 10.2. The van der Waals surface area contributed by atoms with Gasteiger partial charge < -0.3 is 19.3 Å². The van der Waals surface area contributed by atoms with Crippen molar-refractivity contribution in [2.75, 3.05) is 7.11 Å².